The normalized spacial score (nSPS) is 10.8. The highest BCUT2D eigenvalue weighted by atomic mass is 35.5. The molecule has 0 aliphatic heterocycles. The summed E-state index contributed by atoms with van der Waals surface area (Å²) >= 11 is 13.2. The molecule has 5 nitrogen and oxygen atoms in total. The van der Waals surface area contributed by atoms with Gasteiger partial charge in [-0.2, -0.15) is 0 Å². The molecule has 0 fully saturated rings. The van der Waals surface area contributed by atoms with Gasteiger partial charge in [0.1, 0.15) is 5.82 Å². The standard InChI is InChI=1S/C19H18Cl2N4OS/c1-3-13-4-7-15(8-5-13)25-12(2)23-24-19(25)27-11-18(26)22-14-6-9-16(20)17(21)10-14/h4-10H,3,11H2,1-2H3,(H,22,26). The third-order valence-corrected chi connectivity index (χ3v) is 5.60. The number of hydrogen-bond acceptors (Lipinski definition) is 4. The topological polar surface area (TPSA) is 59.8 Å². The van der Waals surface area contributed by atoms with Crippen LogP contribution in [0.25, 0.3) is 5.69 Å². The van der Waals surface area contributed by atoms with Crippen molar-refractivity contribution in [2.45, 2.75) is 25.4 Å². The average molecular weight is 421 g/mol. The molecule has 1 heterocycles. The second kappa shape index (κ2) is 8.78. The number of benzene rings is 2. The van der Waals surface area contributed by atoms with E-state index in [2.05, 4.69) is 34.6 Å². The fourth-order valence-electron chi connectivity index (χ4n) is 2.52. The Morgan fingerprint density at radius 2 is 1.85 bits per heavy atom. The SMILES string of the molecule is CCc1ccc(-n2c(C)nnc2SCC(=O)Nc2ccc(Cl)c(Cl)c2)cc1. The van der Waals surface area contributed by atoms with Crippen LogP contribution >= 0.6 is 35.0 Å². The van der Waals surface area contributed by atoms with Crippen LogP contribution in [0.5, 0.6) is 0 Å². The van der Waals surface area contributed by atoms with E-state index >= 15 is 0 Å². The number of amides is 1. The molecule has 3 rings (SSSR count). The Labute approximate surface area is 172 Å². The van der Waals surface area contributed by atoms with Crippen LogP contribution in [0.3, 0.4) is 0 Å². The zero-order valence-corrected chi connectivity index (χ0v) is 17.2. The molecule has 0 aliphatic carbocycles. The van der Waals surface area contributed by atoms with Crippen LogP contribution in [0.4, 0.5) is 5.69 Å². The maximum Gasteiger partial charge on any atom is 0.234 e. The minimum Gasteiger partial charge on any atom is -0.325 e. The van der Waals surface area contributed by atoms with Crippen molar-refractivity contribution in [1.82, 2.24) is 14.8 Å². The predicted molar refractivity (Wildman–Crippen MR) is 111 cm³/mol. The molecule has 1 N–H and O–H groups in total. The van der Waals surface area contributed by atoms with Gasteiger partial charge in [0.15, 0.2) is 5.16 Å². The van der Waals surface area contributed by atoms with Crippen molar-refractivity contribution in [2.75, 3.05) is 11.1 Å². The van der Waals surface area contributed by atoms with Gasteiger partial charge >= 0.3 is 0 Å². The molecule has 140 valence electrons. The minimum atomic E-state index is -0.160. The summed E-state index contributed by atoms with van der Waals surface area (Å²) in [4.78, 5) is 12.3. The van der Waals surface area contributed by atoms with Gasteiger partial charge in [0, 0.05) is 11.4 Å². The van der Waals surface area contributed by atoms with Gasteiger partial charge in [-0.05, 0) is 49.2 Å². The Balaban J connectivity index is 1.69. The lowest BCUT2D eigenvalue weighted by atomic mass is 10.1. The van der Waals surface area contributed by atoms with Crippen molar-refractivity contribution in [2.24, 2.45) is 0 Å². The Morgan fingerprint density at radius 3 is 2.52 bits per heavy atom. The van der Waals surface area contributed by atoms with E-state index in [4.69, 9.17) is 23.2 Å². The molecule has 0 aliphatic rings. The zero-order chi connectivity index (χ0) is 19.4. The fraction of sp³-hybridized carbons (Fsp3) is 0.211. The van der Waals surface area contributed by atoms with Gasteiger partial charge in [-0.3, -0.25) is 9.36 Å². The van der Waals surface area contributed by atoms with Crippen molar-refractivity contribution < 1.29 is 4.79 Å². The maximum atomic E-state index is 12.3. The van der Waals surface area contributed by atoms with Gasteiger partial charge in [0.2, 0.25) is 5.91 Å². The molecule has 1 aromatic heterocycles. The summed E-state index contributed by atoms with van der Waals surface area (Å²) < 4.78 is 1.94. The number of carbonyl (C=O) groups excluding carboxylic acids is 1. The summed E-state index contributed by atoms with van der Waals surface area (Å²) in [5.41, 5.74) is 2.84. The highest BCUT2D eigenvalue weighted by molar-refractivity contribution is 7.99. The molecule has 3 aromatic rings. The molecular formula is C19H18Cl2N4OS. The number of anilines is 1. The first-order valence-electron chi connectivity index (χ1n) is 8.37. The van der Waals surface area contributed by atoms with Crippen molar-refractivity contribution in [3.05, 3.63) is 63.9 Å². The van der Waals surface area contributed by atoms with Crippen molar-refractivity contribution in [1.29, 1.82) is 0 Å². The van der Waals surface area contributed by atoms with Gasteiger partial charge in [-0.25, -0.2) is 0 Å². The number of aryl methyl sites for hydroxylation is 2. The molecule has 0 saturated heterocycles. The molecule has 0 radical (unpaired) electrons. The number of thioether (sulfide) groups is 1. The number of hydrogen-bond donors (Lipinski definition) is 1. The quantitative estimate of drug-likeness (QED) is 0.558. The molecule has 2 aromatic carbocycles. The van der Waals surface area contributed by atoms with Gasteiger partial charge in [0.05, 0.1) is 15.8 Å². The monoisotopic (exact) mass is 420 g/mol. The Bertz CT molecular complexity index is 957. The molecule has 0 unspecified atom stereocenters. The number of nitrogens with zero attached hydrogens (tertiary/aromatic N) is 3. The molecule has 1 amide bonds. The average Bonchev–Trinajstić information content (AvgIpc) is 3.03. The van der Waals surface area contributed by atoms with Crippen molar-refractivity contribution >= 4 is 46.6 Å². The maximum absolute atomic E-state index is 12.3. The van der Waals surface area contributed by atoms with E-state index in [9.17, 15) is 4.79 Å². The van der Waals surface area contributed by atoms with Crippen LogP contribution in [-0.2, 0) is 11.2 Å². The first-order chi connectivity index (χ1) is 13.0. The number of halogens is 2. The molecule has 8 heteroatoms. The third-order valence-electron chi connectivity index (χ3n) is 3.93. The first-order valence-corrected chi connectivity index (χ1v) is 10.1. The first kappa shape index (κ1) is 19.7. The van der Waals surface area contributed by atoms with Crippen LogP contribution in [0.2, 0.25) is 10.0 Å². The summed E-state index contributed by atoms with van der Waals surface area (Å²) in [5.74, 6) is 0.810. The molecular weight excluding hydrogens is 403 g/mol. The molecule has 0 atom stereocenters. The second-order valence-corrected chi connectivity index (χ2v) is 7.61. The fourth-order valence-corrected chi connectivity index (χ4v) is 3.61. The Kier molecular flexibility index (Phi) is 6.42. The van der Waals surface area contributed by atoms with Gasteiger partial charge in [-0.1, -0.05) is 54.0 Å². The summed E-state index contributed by atoms with van der Waals surface area (Å²) in [6.07, 6.45) is 0.984. The molecule has 27 heavy (non-hydrogen) atoms. The van der Waals surface area contributed by atoms with Crippen molar-refractivity contribution in [3.63, 3.8) is 0 Å². The van der Waals surface area contributed by atoms with Crippen molar-refractivity contribution in [3.8, 4) is 5.69 Å². The van der Waals surface area contributed by atoms with E-state index in [0.717, 1.165) is 17.9 Å². The summed E-state index contributed by atoms with van der Waals surface area (Å²) in [5, 5.41) is 12.7. The minimum absolute atomic E-state index is 0.160. The molecule has 0 bridgehead atoms. The Hall–Kier alpha value is -2.02. The lowest BCUT2D eigenvalue weighted by Crippen LogP contribution is -2.14. The van der Waals surface area contributed by atoms with Crippen LogP contribution in [0, 0.1) is 6.92 Å². The van der Waals surface area contributed by atoms with E-state index in [-0.39, 0.29) is 11.7 Å². The summed E-state index contributed by atoms with van der Waals surface area (Å²) in [6, 6.07) is 13.2. The number of aromatic nitrogens is 3. The largest absolute Gasteiger partial charge is 0.325 e. The predicted octanol–water partition coefficient (Wildman–Crippen LogP) is 5.18. The van der Waals surface area contributed by atoms with Crippen LogP contribution in [-0.4, -0.2) is 26.4 Å². The summed E-state index contributed by atoms with van der Waals surface area (Å²) in [7, 11) is 0. The number of rotatable bonds is 6. The lowest BCUT2D eigenvalue weighted by Gasteiger charge is -2.09. The smallest absolute Gasteiger partial charge is 0.234 e. The van der Waals surface area contributed by atoms with E-state index in [0.29, 0.717) is 20.9 Å². The highest BCUT2D eigenvalue weighted by Gasteiger charge is 2.14. The molecule has 0 saturated carbocycles. The van der Waals surface area contributed by atoms with E-state index in [1.54, 1.807) is 18.2 Å². The highest BCUT2D eigenvalue weighted by Crippen LogP contribution is 2.26. The lowest BCUT2D eigenvalue weighted by molar-refractivity contribution is -0.113. The van der Waals surface area contributed by atoms with Crippen LogP contribution in [0.15, 0.2) is 47.6 Å². The molecule has 0 spiro atoms. The van der Waals surface area contributed by atoms with Gasteiger partial charge < -0.3 is 5.32 Å². The second-order valence-electron chi connectivity index (χ2n) is 5.85. The number of carbonyl (C=O) groups is 1. The van der Waals surface area contributed by atoms with E-state index in [1.807, 2.05) is 23.6 Å². The number of nitrogens with one attached hydrogen (secondary N) is 1. The van der Waals surface area contributed by atoms with E-state index in [1.165, 1.54) is 17.3 Å². The van der Waals surface area contributed by atoms with Crippen LogP contribution < -0.4 is 5.32 Å². The zero-order valence-electron chi connectivity index (χ0n) is 14.9. The van der Waals surface area contributed by atoms with Crippen LogP contribution in [0.1, 0.15) is 18.3 Å². The van der Waals surface area contributed by atoms with Gasteiger partial charge in [0.25, 0.3) is 0 Å². The third kappa shape index (κ3) is 4.83. The van der Waals surface area contributed by atoms with E-state index < -0.39 is 0 Å². The summed E-state index contributed by atoms with van der Waals surface area (Å²) in [6.45, 7) is 4.01. The Morgan fingerprint density at radius 1 is 1.11 bits per heavy atom. The van der Waals surface area contributed by atoms with Gasteiger partial charge in [-0.15, -0.1) is 10.2 Å².